The summed E-state index contributed by atoms with van der Waals surface area (Å²) in [5.41, 5.74) is 4.09. The summed E-state index contributed by atoms with van der Waals surface area (Å²) in [4.78, 5) is 15.0. The van der Waals surface area contributed by atoms with Gasteiger partial charge in [0.05, 0.1) is 5.56 Å². The average Bonchev–Trinajstić information content (AvgIpc) is 3.05. The smallest absolute Gasteiger partial charge is 0.340 e. The van der Waals surface area contributed by atoms with E-state index in [-0.39, 0.29) is 5.97 Å². The molecule has 0 bridgehead atoms. The van der Waals surface area contributed by atoms with Gasteiger partial charge in [0.25, 0.3) is 0 Å². The van der Waals surface area contributed by atoms with E-state index in [1.807, 2.05) is 68.7 Å². The molecule has 2 heterocycles. The summed E-state index contributed by atoms with van der Waals surface area (Å²) in [5.74, 6) is 1.07. The fourth-order valence-corrected chi connectivity index (χ4v) is 4.24. The quantitative estimate of drug-likeness (QED) is 0.658. The van der Waals surface area contributed by atoms with Crippen molar-refractivity contribution in [2.75, 3.05) is 30.9 Å². The molecule has 2 aliphatic heterocycles. The molecular formula is C24H22N2O3. The Hall–Kier alpha value is -3.47. The largest absolute Gasteiger partial charge is 0.456 e. The Kier molecular flexibility index (Phi) is 3.81. The Morgan fingerprint density at radius 1 is 0.966 bits per heavy atom. The maximum Gasteiger partial charge on any atom is 0.340 e. The molecule has 0 saturated heterocycles. The third-order valence-corrected chi connectivity index (χ3v) is 5.90. The van der Waals surface area contributed by atoms with Crippen molar-refractivity contribution in [3.63, 3.8) is 0 Å². The van der Waals surface area contributed by atoms with Crippen LogP contribution in [-0.4, -0.2) is 26.6 Å². The maximum absolute atomic E-state index is 12.8. The van der Waals surface area contributed by atoms with Crippen LogP contribution in [0, 0.1) is 0 Å². The van der Waals surface area contributed by atoms with Gasteiger partial charge in [-0.1, -0.05) is 18.2 Å². The van der Waals surface area contributed by atoms with Crippen LogP contribution in [0.25, 0.3) is 0 Å². The number of anilines is 2. The summed E-state index contributed by atoms with van der Waals surface area (Å²) in [7, 11) is 3.91. The number of ether oxygens (including phenoxy) is 2. The molecule has 3 aromatic carbocycles. The molecule has 5 heteroatoms. The number of benzene rings is 3. The molecule has 146 valence electrons. The summed E-state index contributed by atoms with van der Waals surface area (Å²) in [6.45, 7) is 2.98. The molecule has 0 aromatic heterocycles. The number of fused-ring (bicyclic) bond motifs is 6. The van der Waals surface area contributed by atoms with Gasteiger partial charge in [-0.3, -0.25) is 0 Å². The van der Waals surface area contributed by atoms with E-state index in [4.69, 9.17) is 9.47 Å². The minimum atomic E-state index is -1.01. The Morgan fingerprint density at radius 2 is 1.69 bits per heavy atom. The fourth-order valence-electron chi connectivity index (χ4n) is 4.24. The third-order valence-electron chi connectivity index (χ3n) is 5.90. The second kappa shape index (κ2) is 6.27. The topological polar surface area (TPSA) is 50.8 Å². The Balaban J connectivity index is 1.81. The number of carbonyl (C=O) groups is 1. The second-order valence-corrected chi connectivity index (χ2v) is 7.37. The van der Waals surface area contributed by atoms with Crippen LogP contribution in [0.3, 0.4) is 0 Å². The van der Waals surface area contributed by atoms with Crippen molar-refractivity contribution in [2.24, 2.45) is 0 Å². The number of hydrogen-bond donors (Lipinski definition) is 1. The van der Waals surface area contributed by atoms with Crippen molar-refractivity contribution < 1.29 is 14.3 Å². The highest BCUT2D eigenvalue weighted by Crippen LogP contribution is 2.56. The number of nitrogens with one attached hydrogen (secondary N) is 1. The maximum atomic E-state index is 12.8. The lowest BCUT2D eigenvalue weighted by molar-refractivity contribution is 0.0224. The fraction of sp³-hybridized carbons (Fsp3) is 0.208. The molecule has 5 rings (SSSR count). The Labute approximate surface area is 169 Å². The van der Waals surface area contributed by atoms with Crippen LogP contribution in [0.15, 0.2) is 60.7 Å². The van der Waals surface area contributed by atoms with Crippen LogP contribution >= 0.6 is 0 Å². The Bertz CT molecular complexity index is 1140. The standard InChI is InChI=1S/C24H22N2O3/c1-4-26(3)16-10-12-20-22(14-16)28-21-13-15(25-2)9-11-19(21)24(20)18-8-6-5-7-17(18)23(27)29-24/h5-14,25H,4H2,1-3H3. The minimum Gasteiger partial charge on any atom is -0.456 e. The first-order chi connectivity index (χ1) is 14.1. The van der Waals surface area contributed by atoms with Gasteiger partial charge in [-0.2, -0.15) is 0 Å². The monoisotopic (exact) mass is 386 g/mol. The molecule has 1 unspecified atom stereocenters. The highest BCUT2D eigenvalue weighted by molar-refractivity contribution is 5.97. The predicted molar refractivity (Wildman–Crippen MR) is 113 cm³/mol. The molecule has 0 amide bonds. The van der Waals surface area contributed by atoms with Crippen molar-refractivity contribution in [3.05, 3.63) is 82.9 Å². The van der Waals surface area contributed by atoms with Crippen LogP contribution < -0.4 is 15.0 Å². The van der Waals surface area contributed by atoms with Crippen LogP contribution in [0.2, 0.25) is 0 Å². The molecule has 5 nitrogen and oxygen atoms in total. The first kappa shape index (κ1) is 17.6. The Morgan fingerprint density at radius 3 is 2.45 bits per heavy atom. The molecule has 1 atom stereocenters. The van der Waals surface area contributed by atoms with E-state index >= 15 is 0 Å². The summed E-state index contributed by atoms with van der Waals surface area (Å²) < 4.78 is 12.5. The number of hydrogen-bond acceptors (Lipinski definition) is 5. The number of nitrogens with zero attached hydrogens (tertiary/aromatic N) is 1. The van der Waals surface area contributed by atoms with E-state index in [0.29, 0.717) is 17.1 Å². The zero-order chi connectivity index (χ0) is 20.2. The normalized spacial score (nSPS) is 18.4. The molecule has 29 heavy (non-hydrogen) atoms. The van der Waals surface area contributed by atoms with E-state index < -0.39 is 5.60 Å². The van der Waals surface area contributed by atoms with Crippen LogP contribution in [0.1, 0.15) is 34.0 Å². The molecule has 1 N–H and O–H groups in total. The van der Waals surface area contributed by atoms with Crippen molar-refractivity contribution in [2.45, 2.75) is 12.5 Å². The van der Waals surface area contributed by atoms with E-state index in [0.717, 1.165) is 34.6 Å². The summed E-state index contributed by atoms with van der Waals surface area (Å²) in [6, 6.07) is 19.6. The van der Waals surface area contributed by atoms with E-state index in [9.17, 15) is 4.79 Å². The first-order valence-electron chi connectivity index (χ1n) is 9.77. The van der Waals surface area contributed by atoms with Gasteiger partial charge in [0.15, 0.2) is 5.60 Å². The van der Waals surface area contributed by atoms with Gasteiger partial charge >= 0.3 is 5.97 Å². The van der Waals surface area contributed by atoms with Gasteiger partial charge in [0, 0.05) is 60.8 Å². The van der Waals surface area contributed by atoms with Crippen LogP contribution in [0.4, 0.5) is 11.4 Å². The molecule has 1 spiro atoms. The van der Waals surface area contributed by atoms with E-state index in [1.54, 1.807) is 0 Å². The third kappa shape index (κ3) is 2.37. The highest BCUT2D eigenvalue weighted by Gasteiger charge is 2.53. The summed E-state index contributed by atoms with van der Waals surface area (Å²) in [5, 5.41) is 3.15. The lowest BCUT2D eigenvalue weighted by Crippen LogP contribution is -2.33. The van der Waals surface area contributed by atoms with E-state index in [1.165, 1.54) is 0 Å². The van der Waals surface area contributed by atoms with Gasteiger partial charge in [0.1, 0.15) is 11.5 Å². The van der Waals surface area contributed by atoms with Crippen LogP contribution in [-0.2, 0) is 10.3 Å². The van der Waals surface area contributed by atoms with Crippen molar-refractivity contribution >= 4 is 17.3 Å². The molecule has 2 aliphatic rings. The molecule has 0 aliphatic carbocycles. The van der Waals surface area contributed by atoms with Gasteiger partial charge in [-0.05, 0) is 37.3 Å². The number of esters is 1. The van der Waals surface area contributed by atoms with E-state index in [2.05, 4.69) is 23.2 Å². The van der Waals surface area contributed by atoms with Gasteiger partial charge in [0.2, 0.25) is 0 Å². The SMILES string of the molecule is CCN(C)c1ccc2c(c1)Oc1cc(NC)ccc1C21OC(=O)c2ccccc21. The molecular weight excluding hydrogens is 364 g/mol. The van der Waals surface area contributed by atoms with Gasteiger partial charge < -0.3 is 19.7 Å². The van der Waals surface area contributed by atoms with Crippen LogP contribution in [0.5, 0.6) is 11.5 Å². The average molecular weight is 386 g/mol. The number of carbonyl (C=O) groups excluding carboxylic acids is 1. The zero-order valence-electron chi connectivity index (χ0n) is 16.7. The van der Waals surface area contributed by atoms with Gasteiger partial charge in [-0.15, -0.1) is 0 Å². The molecule has 0 fully saturated rings. The predicted octanol–water partition coefficient (Wildman–Crippen LogP) is 4.75. The highest BCUT2D eigenvalue weighted by atomic mass is 16.6. The number of rotatable bonds is 3. The minimum absolute atomic E-state index is 0.313. The van der Waals surface area contributed by atoms with Crippen molar-refractivity contribution in [1.82, 2.24) is 0 Å². The molecule has 0 radical (unpaired) electrons. The molecule has 3 aromatic rings. The summed E-state index contributed by atoms with van der Waals surface area (Å²) in [6.07, 6.45) is 0. The first-order valence-corrected chi connectivity index (χ1v) is 9.77. The lowest BCUT2D eigenvalue weighted by Gasteiger charge is -2.37. The van der Waals surface area contributed by atoms with Crippen molar-refractivity contribution in [1.29, 1.82) is 0 Å². The zero-order valence-corrected chi connectivity index (χ0v) is 16.7. The second-order valence-electron chi connectivity index (χ2n) is 7.37. The molecule has 0 saturated carbocycles. The summed E-state index contributed by atoms with van der Waals surface area (Å²) >= 11 is 0. The van der Waals surface area contributed by atoms with Gasteiger partial charge in [-0.25, -0.2) is 4.79 Å². The lowest BCUT2D eigenvalue weighted by atomic mass is 9.77. The van der Waals surface area contributed by atoms with Crippen molar-refractivity contribution in [3.8, 4) is 11.5 Å².